The molecule has 0 aliphatic heterocycles. The van der Waals surface area contributed by atoms with Gasteiger partial charge >= 0.3 is 0 Å². The van der Waals surface area contributed by atoms with E-state index in [0.717, 1.165) is 19.3 Å². The summed E-state index contributed by atoms with van der Waals surface area (Å²) in [6.07, 6.45) is 3.00. The molecule has 6 nitrogen and oxygen atoms in total. The number of nitriles is 1. The summed E-state index contributed by atoms with van der Waals surface area (Å²) in [5.74, 6) is 0.101. The number of hydrogen-bond donors (Lipinski definition) is 2. The number of carbonyl (C=O) groups is 1. The largest absolute Gasteiger partial charge is 0.276 e. The molecule has 0 saturated heterocycles. The van der Waals surface area contributed by atoms with Crippen LogP contribution in [0, 0.1) is 22.7 Å². The van der Waals surface area contributed by atoms with Crippen molar-refractivity contribution in [1.82, 2.24) is 10.3 Å². The Balaban J connectivity index is 1.67. The second-order valence-electron chi connectivity index (χ2n) is 8.06. The molecule has 0 bridgehead atoms. The maximum Gasteiger partial charge on any atom is 0.276 e. The molecule has 1 unspecified atom stereocenters. The van der Waals surface area contributed by atoms with Crippen LogP contribution in [0.15, 0.2) is 35.2 Å². The van der Waals surface area contributed by atoms with E-state index < -0.39 is 15.9 Å². The maximum absolute atomic E-state index is 12.4. The maximum atomic E-state index is 12.4. The summed E-state index contributed by atoms with van der Waals surface area (Å²) >= 11 is 1.42. The molecule has 0 radical (unpaired) electrons. The molecule has 8 heteroatoms. The van der Waals surface area contributed by atoms with E-state index in [0.29, 0.717) is 16.4 Å². The van der Waals surface area contributed by atoms with Gasteiger partial charge in [-0.25, -0.2) is 8.42 Å². The van der Waals surface area contributed by atoms with Gasteiger partial charge in [-0.15, -0.1) is 16.2 Å². The summed E-state index contributed by atoms with van der Waals surface area (Å²) in [6, 6.07) is 9.28. The summed E-state index contributed by atoms with van der Waals surface area (Å²) in [4.78, 5) is 16.3. The minimum absolute atomic E-state index is 0.0229. The number of sulfonamides is 1. The van der Waals surface area contributed by atoms with E-state index in [-0.39, 0.29) is 10.3 Å². The molecular weight excluding hydrogens is 394 g/mol. The second kappa shape index (κ2) is 7.66. The van der Waals surface area contributed by atoms with Crippen LogP contribution in [0.5, 0.6) is 0 Å². The Labute approximate surface area is 169 Å². The Morgan fingerprint density at radius 2 is 1.93 bits per heavy atom. The fourth-order valence-corrected chi connectivity index (χ4v) is 5.26. The third-order valence-electron chi connectivity index (χ3n) is 5.12. The van der Waals surface area contributed by atoms with Gasteiger partial charge in [0.1, 0.15) is 0 Å². The fourth-order valence-electron chi connectivity index (χ4n) is 3.32. The highest BCUT2D eigenvalue weighted by atomic mass is 32.2. The van der Waals surface area contributed by atoms with E-state index in [1.54, 1.807) is 0 Å². The molecule has 0 spiro atoms. The molecule has 1 heterocycles. The zero-order valence-corrected chi connectivity index (χ0v) is 17.7. The van der Waals surface area contributed by atoms with Crippen molar-refractivity contribution in [3.05, 3.63) is 51.2 Å². The molecular formula is C20H23N3O3S2. The summed E-state index contributed by atoms with van der Waals surface area (Å²) in [5.41, 5.74) is 4.06. The minimum Gasteiger partial charge on any atom is -0.273 e. The predicted molar refractivity (Wildman–Crippen MR) is 108 cm³/mol. The topological polar surface area (TPSA) is 99.1 Å². The van der Waals surface area contributed by atoms with E-state index in [2.05, 4.69) is 31.0 Å². The summed E-state index contributed by atoms with van der Waals surface area (Å²) in [5, 5.41) is 8.79. The van der Waals surface area contributed by atoms with Gasteiger partial charge in [0.2, 0.25) is 0 Å². The molecule has 2 aromatic rings. The first-order valence-electron chi connectivity index (χ1n) is 9.04. The standard InChI is InChI=1S/C20H23N3O3S2/c1-20(2,3)15-6-9-17-14(10-15)11-18(27-17)19(24)22-23-28(25,26)16-7-4-13(12-21)5-8-16/h4-5,7-8,11,15,23H,6,9-10H2,1-3H3,(H,22,24). The summed E-state index contributed by atoms with van der Waals surface area (Å²) in [6.45, 7) is 6.71. The number of fused-ring (bicyclic) bond motifs is 1. The molecule has 1 amide bonds. The highest BCUT2D eigenvalue weighted by molar-refractivity contribution is 7.89. The van der Waals surface area contributed by atoms with Crippen LogP contribution < -0.4 is 10.3 Å². The smallest absolute Gasteiger partial charge is 0.273 e. The van der Waals surface area contributed by atoms with E-state index in [1.807, 2.05) is 12.1 Å². The van der Waals surface area contributed by atoms with Crippen LogP contribution in [0.3, 0.4) is 0 Å². The molecule has 0 saturated carbocycles. The molecule has 3 rings (SSSR count). The van der Waals surface area contributed by atoms with Crippen molar-refractivity contribution in [2.24, 2.45) is 11.3 Å². The first-order valence-corrected chi connectivity index (χ1v) is 11.3. The number of hydrazine groups is 1. The van der Waals surface area contributed by atoms with Gasteiger partial charge in [0.15, 0.2) is 0 Å². The number of carbonyl (C=O) groups excluding carboxylic acids is 1. The van der Waals surface area contributed by atoms with Gasteiger partial charge in [-0.1, -0.05) is 20.8 Å². The van der Waals surface area contributed by atoms with E-state index in [9.17, 15) is 13.2 Å². The SMILES string of the molecule is CC(C)(C)C1CCc2sc(C(=O)NNS(=O)(=O)c3ccc(C#N)cc3)cc2C1. The number of rotatable bonds is 4. The zero-order valence-electron chi connectivity index (χ0n) is 16.1. The highest BCUT2D eigenvalue weighted by Gasteiger charge is 2.30. The van der Waals surface area contributed by atoms with E-state index >= 15 is 0 Å². The van der Waals surface area contributed by atoms with Gasteiger partial charge < -0.3 is 0 Å². The van der Waals surface area contributed by atoms with Gasteiger partial charge in [-0.2, -0.15) is 5.26 Å². The van der Waals surface area contributed by atoms with Crippen LogP contribution in [0.1, 0.15) is 52.9 Å². The molecule has 148 valence electrons. The van der Waals surface area contributed by atoms with Gasteiger partial charge in [-0.3, -0.25) is 10.2 Å². The monoisotopic (exact) mass is 417 g/mol. The third-order valence-corrected chi connectivity index (χ3v) is 7.62. The lowest BCUT2D eigenvalue weighted by Crippen LogP contribution is -2.41. The van der Waals surface area contributed by atoms with Crippen molar-refractivity contribution in [3.8, 4) is 6.07 Å². The van der Waals surface area contributed by atoms with Crippen LogP contribution >= 0.6 is 11.3 Å². The number of aryl methyl sites for hydroxylation is 1. The third kappa shape index (κ3) is 4.43. The molecule has 1 aromatic heterocycles. The Kier molecular flexibility index (Phi) is 5.62. The quantitative estimate of drug-likeness (QED) is 0.745. The van der Waals surface area contributed by atoms with Crippen LogP contribution in [-0.4, -0.2) is 14.3 Å². The molecule has 1 atom stereocenters. The number of nitrogens with zero attached hydrogens (tertiary/aromatic N) is 1. The fraction of sp³-hybridized carbons (Fsp3) is 0.400. The first-order chi connectivity index (χ1) is 13.1. The van der Waals surface area contributed by atoms with E-state index in [1.165, 1.54) is 46.0 Å². The summed E-state index contributed by atoms with van der Waals surface area (Å²) < 4.78 is 24.6. The number of nitrogens with one attached hydrogen (secondary N) is 2. The molecule has 1 aliphatic rings. The highest BCUT2D eigenvalue weighted by Crippen LogP contribution is 2.40. The van der Waals surface area contributed by atoms with Gasteiger partial charge in [0, 0.05) is 4.88 Å². The van der Waals surface area contributed by atoms with Crippen molar-refractivity contribution < 1.29 is 13.2 Å². The van der Waals surface area contributed by atoms with Gasteiger partial charge in [0.05, 0.1) is 21.4 Å². The van der Waals surface area contributed by atoms with Crippen molar-refractivity contribution in [1.29, 1.82) is 5.26 Å². The number of thiophene rings is 1. The second-order valence-corrected chi connectivity index (χ2v) is 10.9. The Bertz CT molecular complexity index is 1030. The Hall–Kier alpha value is -2.21. The Morgan fingerprint density at radius 3 is 2.54 bits per heavy atom. The molecule has 1 aliphatic carbocycles. The molecule has 1 aromatic carbocycles. The van der Waals surface area contributed by atoms with Crippen LogP contribution in [0.25, 0.3) is 0 Å². The van der Waals surface area contributed by atoms with Gasteiger partial charge in [-0.05, 0) is 66.5 Å². The predicted octanol–water partition coefficient (Wildman–Crippen LogP) is 3.39. The number of amides is 1. The van der Waals surface area contributed by atoms with Crippen LogP contribution in [0.2, 0.25) is 0 Å². The lowest BCUT2D eigenvalue weighted by Gasteiger charge is -2.33. The van der Waals surface area contributed by atoms with Gasteiger partial charge in [0.25, 0.3) is 15.9 Å². The van der Waals surface area contributed by atoms with Crippen LogP contribution in [-0.2, 0) is 22.9 Å². The lowest BCUT2D eigenvalue weighted by molar-refractivity contribution is 0.0949. The summed E-state index contributed by atoms with van der Waals surface area (Å²) in [7, 11) is -3.91. The molecule has 2 N–H and O–H groups in total. The minimum atomic E-state index is -3.91. The van der Waals surface area contributed by atoms with Crippen molar-refractivity contribution >= 4 is 27.3 Å². The van der Waals surface area contributed by atoms with Crippen molar-refractivity contribution in [2.75, 3.05) is 0 Å². The molecule has 0 fully saturated rings. The lowest BCUT2D eigenvalue weighted by atomic mass is 9.72. The normalized spacial score (nSPS) is 16.9. The average Bonchev–Trinajstić information content (AvgIpc) is 3.09. The van der Waals surface area contributed by atoms with Crippen molar-refractivity contribution in [3.63, 3.8) is 0 Å². The number of benzene rings is 1. The van der Waals surface area contributed by atoms with E-state index in [4.69, 9.17) is 5.26 Å². The van der Waals surface area contributed by atoms with Crippen LogP contribution in [0.4, 0.5) is 0 Å². The first kappa shape index (κ1) is 20.5. The number of hydrogen-bond acceptors (Lipinski definition) is 5. The molecule has 28 heavy (non-hydrogen) atoms. The van der Waals surface area contributed by atoms with Crippen molar-refractivity contribution in [2.45, 2.75) is 44.9 Å². The Morgan fingerprint density at radius 1 is 1.25 bits per heavy atom. The zero-order chi connectivity index (χ0) is 20.5. The average molecular weight is 418 g/mol.